The molecule has 0 atom stereocenters. The summed E-state index contributed by atoms with van der Waals surface area (Å²) in [5.41, 5.74) is 2.74. The van der Waals surface area contributed by atoms with Crippen LogP contribution in [-0.4, -0.2) is 11.5 Å². The van der Waals surface area contributed by atoms with Crippen LogP contribution in [0.4, 0.5) is 5.69 Å². The first-order chi connectivity index (χ1) is 5.29. The van der Waals surface area contributed by atoms with Crippen LogP contribution >= 0.6 is 45.5 Å². The van der Waals surface area contributed by atoms with Crippen LogP contribution in [0.1, 0.15) is 5.56 Å². The second-order valence-corrected chi connectivity index (χ2v) is 4.79. The Hall–Kier alpha value is 0.410. The fraction of sp³-hybridized carbons (Fsp3) is 0.286. The fourth-order valence-corrected chi connectivity index (χ4v) is 3.32. The molecule has 0 saturated carbocycles. The summed E-state index contributed by atoms with van der Waals surface area (Å²) in [5.74, 6) is 0. The van der Waals surface area contributed by atoms with Gasteiger partial charge < -0.3 is 3.11 Å². The van der Waals surface area contributed by atoms with E-state index in [9.17, 15) is 0 Å². The highest BCUT2D eigenvalue weighted by Gasteiger charge is 2.19. The highest BCUT2D eigenvalue weighted by atomic mass is 127. The zero-order chi connectivity index (χ0) is 7.84. The molecule has 4 heteroatoms. The quantitative estimate of drug-likeness (QED) is 0.514. The smallest absolute Gasteiger partial charge is 0.0654 e. The van der Waals surface area contributed by atoms with Gasteiger partial charge in [-0.15, -0.1) is 0 Å². The topological polar surface area (TPSA) is 16.1 Å². The van der Waals surface area contributed by atoms with E-state index in [1.807, 2.05) is 12.4 Å². The number of aromatic nitrogens is 1. The Balaban J connectivity index is 2.58. The normalized spacial score (nSPS) is 15.3. The number of hydrogen-bond donors (Lipinski definition) is 0. The molecule has 11 heavy (non-hydrogen) atoms. The van der Waals surface area contributed by atoms with Gasteiger partial charge in [-0.3, -0.25) is 4.98 Å². The van der Waals surface area contributed by atoms with Crippen LogP contribution in [0.25, 0.3) is 0 Å². The molecule has 1 aromatic rings. The summed E-state index contributed by atoms with van der Waals surface area (Å²) in [5, 5.41) is 0. The molecule has 0 amide bonds. The van der Waals surface area contributed by atoms with E-state index in [0.29, 0.717) is 0 Å². The summed E-state index contributed by atoms with van der Waals surface area (Å²) in [7, 11) is 0. The Morgan fingerprint density at radius 1 is 1.45 bits per heavy atom. The van der Waals surface area contributed by atoms with Gasteiger partial charge in [0.25, 0.3) is 0 Å². The third-order valence-electron chi connectivity index (χ3n) is 1.77. The minimum absolute atomic E-state index is 1.12. The van der Waals surface area contributed by atoms with E-state index in [1.165, 1.54) is 14.8 Å². The lowest BCUT2D eigenvalue weighted by atomic mass is 10.2. The predicted octanol–water partition coefficient (Wildman–Crippen LogP) is 2.40. The highest BCUT2D eigenvalue weighted by Crippen LogP contribution is 2.33. The molecule has 58 valence electrons. The van der Waals surface area contributed by atoms with Crippen LogP contribution in [-0.2, 0) is 6.42 Å². The first-order valence-electron chi connectivity index (χ1n) is 3.35. The number of rotatable bonds is 0. The first kappa shape index (κ1) is 8.03. The van der Waals surface area contributed by atoms with E-state index in [0.717, 1.165) is 13.0 Å². The number of fused-ring (bicyclic) bond motifs is 1. The zero-order valence-electron chi connectivity index (χ0n) is 5.72. The van der Waals surface area contributed by atoms with Crippen LogP contribution in [0, 0.1) is 3.57 Å². The molecule has 0 unspecified atom stereocenters. The minimum atomic E-state index is 1.12. The molecule has 2 heterocycles. The van der Waals surface area contributed by atoms with Crippen molar-refractivity contribution in [3.63, 3.8) is 0 Å². The summed E-state index contributed by atoms with van der Waals surface area (Å²) in [6.45, 7) is 1.12. The van der Waals surface area contributed by atoms with Gasteiger partial charge in [0.15, 0.2) is 0 Å². The van der Waals surface area contributed by atoms with Crippen molar-refractivity contribution in [3.05, 3.63) is 21.5 Å². The van der Waals surface area contributed by atoms with Crippen LogP contribution in [0.2, 0.25) is 0 Å². The van der Waals surface area contributed by atoms with Gasteiger partial charge in [-0.2, -0.15) is 0 Å². The van der Waals surface area contributed by atoms with E-state index >= 15 is 0 Å². The second-order valence-electron chi connectivity index (χ2n) is 2.46. The maximum Gasteiger partial charge on any atom is 0.0654 e. The maximum absolute atomic E-state index is 4.15. The molecule has 2 nitrogen and oxygen atoms in total. The van der Waals surface area contributed by atoms with Crippen molar-refractivity contribution in [2.24, 2.45) is 0 Å². The van der Waals surface area contributed by atoms with Crippen LogP contribution in [0.15, 0.2) is 12.4 Å². The molecule has 0 fully saturated rings. The standard InChI is InChI=1S/C7H6I2N2/c8-6-4-10-3-5-1-2-11(9)7(5)6/h3-4H,1-2H2. The number of pyridine rings is 1. The van der Waals surface area contributed by atoms with Crippen molar-refractivity contribution in [1.82, 2.24) is 4.98 Å². The molecule has 0 aliphatic carbocycles. The lowest BCUT2D eigenvalue weighted by Crippen LogP contribution is -2.04. The molecule has 1 aliphatic heterocycles. The monoisotopic (exact) mass is 372 g/mol. The summed E-state index contributed by atoms with van der Waals surface area (Å²) in [4.78, 5) is 4.15. The van der Waals surface area contributed by atoms with Crippen LogP contribution in [0.3, 0.4) is 0 Å². The van der Waals surface area contributed by atoms with Gasteiger partial charge in [-0.05, 0) is 34.6 Å². The SMILES string of the molecule is Ic1cncc2c1N(I)CC2. The highest BCUT2D eigenvalue weighted by molar-refractivity contribution is 14.1. The van der Waals surface area contributed by atoms with E-state index in [4.69, 9.17) is 0 Å². The van der Waals surface area contributed by atoms with E-state index in [2.05, 4.69) is 53.6 Å². The van der Waals surface area contributed by atoms with Crippen molar-refractivity contribution in [2.75, 3.05) is 9.66 Å². The molecular weight excluding hydrogens is 366 g/mol. The second kappa shape index (κ2) is 3.04. The molecular formula is C7H6I2N2. The largest absolute Gasteiger partial charge is 0.313 e. The third-order valence-corrected chi connectivity index (χ3v) is 3.52. The van der Waals surface area contributed by atoms with E-state index < -0.39 is 0 Å². The first-order valence-corrected chi connectivity index (χ1v) is 5.39. The van der Waals surface area contributed by atoms with Crippen molar-refractivity contribution in [1.29, 1.82) is 0 Å². The molecule has 0 radical (unpaired) electrons. The zero-order valence-corrected chi connectivity index (χ0v) is 10.0. The van der Waals surface area contributed by atoms with Crippen molar-refractivity contribution in [3.8, 4) is 0 Å². The summed E-state index contributed by atoms with van der Waals surface area (Å²) < 4.78 is 3.52. The van der Waals surface area contributed by atoms with Crippen molar-refractivity contribution in [2.45, 2.75) is 6.42 Å². The van der Waals surface area contributed by atoms with Crippen LogP contribution < -0.4 is 3.11 Å². The van der Waals surface area contributed by atoms with Gasteiger partial charge in [-0.25, -0.2) is 0 Å². The van der Waals surface area contributed by atoms with Gasteiger partial charge in [0.1, 0.15) is 0 Å². The molecule has 0 aromatic carbocycles. The lowest BCUT2D eigenvalue weighted by Gasteiger charge is -2.09. The fourth-order valence-electron chi connectivity index (χ4n) is 1.25. The molecule has 2 rings (SSSR count). The van der Waals surface area contributed by atoms with Gasteiger partial charge in [0.05, 0.1) is 32.1 Å². The van der Waals surface area contributed by atoms with Gasteiger partial charge in [0.2, 0.25) is 0 Å². The van der Waals surface area contributed by atoms with Gasteiger partial charge in [0, 0.05) is 18.9 Å². The summed E-state index contributed by atoms with van der Waals surface area (Å²) in [6, 6.07) is 0. The minimum Gasteiger partial charge on any atom is -0.313 e. The molecule has 1 aliphatic rings. The Bertz CT molecular complexity index is 288. The van der Waals surface area contributed by atoms with E-state index in [1.54, 1.807) is 0 Å². The third kappa shape index (κ3) is 1.34. The number of hydrogen-bond acceptors (Lipinski definition) is 2. The summed E-state index contributed by atoms with van der Waals surface area (Å²) >= 11 is 4.68. The Labute approximate surface area is 93.0 Å². The summed E-state index contributed by atoms with van der Waals surface area (Å²) in [6.07, 6.45) is 5.02. The Kier molecular flexibility index (Phi) is 2.22. The number of anilines is 1. The Morgan fingerprint density at radius 2 is 2.27 bits per heavy atom. The average molecular weight is 372 g/mol. The molecule has 0 spiro atoms. The van der Waals surface area contributed by atoms with Crippen LogP contribution in [0.5, 0.6) is 0 Å². The Morgan fingerprint density at radius 3 is 3.00 bits per heavy atom. The molecule has 0 bridgehead atoms. The number of nitrogens with zero attached hydrogens (tertiary/aromatic N) is 2. The molecule has 1 aromatic heterocycles. The van der Waals surface area contributed by atoms with Gasteiger partial charge >= 0.3 is 0 Å². The number of halogens is 2. The predicted molar refractivity (Wildman–Crippen MR) is 62.0 cm³/mol. The van der Waals surface area contributed by atoms with Crippen molar-refractivity contribution < 1.29 is 0 Å². The average Bonchev–Trinajstić information content (AvgIpc) is 2.34. The maximum atomic E-state index is 4.15. The van der Waals surface area contributed by atoms with Gasteiger partial charge in [-0.1, -0.05) is 0 Å². The van der Waals surface area contributed by atoms with E-state index in [-0.39, 0.29) is 0 Å². The molecule has 0 saturated heterocycles. The van der Waals surface area contributed by atoms with Crippen molar-refractivity contribution >= 4 is 51.1 Å². The lowest BCUT2D eigenvalue weighted by molar-refractivity contribution is 1.06. The molecule has 0 N–H and O–H groups in total.